The number of piperidine rings is 1. The van der Waals surface area contributed by atoms with Gasteiger partial charge in [0.1, 0.15) is 6.54 Å². The molecule has 1 aliphatic heterocycles. The van der Waals surface area contributed by atoms with Crippen LogP contribution in [0.2, 0.25) is 15.1 Å². The highest BCUT2D eigenvalue weighted by Gasteiger charge is 2.25. The molecule has 0 bridgehead atoms. The first-order valence-electron chi connectivity index (χ1n) is 12.8. The van der Waals surface area contributed by atoms with Crippen LogP contribution in [0.4, 0.5) is 5.69 Å². The van der Waals surface area contributed by atoms with Gasteiger partial charge in [0.05, 0.1) is 29.2 Å². The number of carbonyl (C=O) groups is 2. The van der Waals surface area contributed by atoms with E-state index in [9.17, 15) is 9.59 Å². The third-order valence-electron chi connectivity index (χ3n) is 6.86. The minimum atomic E-state index is -0.260. The van der Waals surface area contributed by atoms with Gasteiger partial charge in [-0.05, 0) is 68.5 Å². The number of aromatic nitrogens is 6. The Bertz CT molecular complexity index is 1510. The molecule has 0 saturated carbocycles. The van der Waals surface area contributed by atoms with E-state index in [1.807, 2.05) is 30.0 Å². The second-order valence-corrected chi connectivity index (χ2v) is 11.1. The molecule has 10 nitrogen and oxygen atoms in total. The maximum atomic E-state index is 13.0. The molecule has 0 atom stereocenters. The highest BCUT2D eigenvalue weighted by atomic mass is 35.5. The van der Waals surface area contributed by atoms with Crippen molar-refractivity contribution in [2.45, 2.75) is 39.2 Å². The summed E-state index contributed by atoms with van der Waals surface area (Å²) < 4.78 is 3.21. The number of amides is 2. The summed E-state index contributed by atoms with van der Waals surface area (Å²) in [5.74, 6) is 0.157. The molecule has 2 aromatic heterocycles. The van der Waals surface area contributed by atoms with E-state index >= 15 is 0 Å². The maximum absolute atomic E-state index is 13.0. The number of carbonyl (C=O) groups excluding carboxylic acids is 2. The van der Waals surface area contributed by atoms with E-state index in [0.29, 0.717) is 45.5 Å². The number of halogens is 3. The lowest BCUT2D eigenvalue weighted by Gasteiger charge is -2.31. The fourth-order valence-corrected chi connectivity index (χ4v) is 5.51. The molecule has 40 heavy (non-hydrogen) atoms. The van der Waals surface area contributed by atoms with Crippen molar-refractivity contribution in [1.29, 1.82) is 0 Å². The minimum absolute atomic E-state index is 0.0193. The second-order valence-electron chi connectivity index (χ2n) is 9.83. The van der Waals surface area contributed by atoms with Gasteiger partial charge < -0.3 is 10.2 Å². The molecule has 1 fully saturated rings. The van der Waals surface area contributed by atoms with Crippen molar-refractivity contribution in [3.05, 3.63) is 80.8 Å². The van der Waals surface area contributed by atoms with Gasteiger partial charge in [0.2, 0.25) is 11.8 Å². The number of nitrogens with zero attached hydrogens (tertiary/aromatic N) is 7. The number of benzene rings is 2. The molecule has 5 rings (SSSR count). The maximum Gasteiger partial charge on any atom is 0.246 e. The number of nitrogens with one attached hydrogen (secondary N) is 1. The molecule has 0 spiro atoms. The summed E-state index contributed by atoms with van der Waals surface area (Å²) in [4.78, 5) is 27.3. The summed E-state index contributed by atoms with van der Waals surface area (Å²) in [5.41, 5.74) is 3.62. The molecule has 4 aromatic rings. The number of rotatable bonds is 8. The number of hydrogen-bond acceptors (Lipinski definition) is 6. The standard InChI is InChI=1S/C27H27Cl3N8O2/c1-17-25(33-35-38(17)24-4-2-3-19(28)13-24)14-27(40)36-7-5-18(6-8-36)9-23-15-37(34-32-23)16-26(39)31-22-11-20(29)10-21(30)12-22/h2-4,10-13,15,18H,5-9,14,16H2,1H3,(H,31,39). The Hall–Kier alpha value is -3.47. The van der Waals surface area contributed by atoms with Crippen LogP contribution in [0.15, 0.2) is 48.7 Å². The Morgan fingerprint density at radius 3 is 2.45 bits per heavy atom. The molecule has 0 aliphatic carbocycles. The van der Waals surface area contributed by atoms with Crippen molar-refractivity contribution in [3.63, 3.8) is 0 Å². The molecule has 13 heteroatoms. The number of likely N-dealkylation sites (tertiary alicyclic amines) is 1. The highest BCUT2D eigenvalue weighted by molar-refractivity contribution is 6.35. The van der Waals surface area contributed by atoms with Crippen molar-refractivity contribution in [2.75, 3.05) is 18.4 Å². The molecule has 1 saturated heterocycles. The highest BCUT2D eigenvalue weighted by Crippen LogP contribution is 2.24. The summed E-state index contributed by atoms with van der Waals surface area (Å²) >= 11 is 18.1. The molecule has 1 N–H and O–H groups in total. The van der Waals surface area contributed by atoms with E-state index in [1.165, 1.54) is 4.68 Å². The van der Waals surface area contributed by atoms with Crippen LogP contribution in [-0.4, -0.2) is 59.8 Å². The zero-order valence-corrected chi connectivity index (χ0v) is 24.0. The minimum Gasteiger partial charge on any atom is -0.342 e. The Balaban J connectivity index is 1.09. The smallest absolute Gasteiger partial charge is 0.246 e. The monoisotopic (exact) mass is 600 g/mol. The summed E-state index contributed by atoms with van der Waals surface area (Å²) in [6, 6.07) is 12.2. The Kier molecular flexibility index (Phi) is 8.68. The SMILES string of the molecule is Cc1c(CC(=O)N2CCC(Cc3cn(CC(=O)Nc4cc(Cl)cc(Cl)c4)nn3)CC2)nnn1-c1cccc(Cl)c1. The fraction of sp³-hybridized carbons (Fsp3) is 0.333. The topological polar surface area (TPSA) is 111 Å². The van der Waals surface area contributed by atoms with E-state index in [1.54, 1.807) is 35.1 Å². The summed E-state index contributed by atoms with van der Waals surface area (Å²) in [5, 5.41) is 21.0. The largest absolute Gasteiger partial charge is 0.342 e. The number of hydrogen-bond donors (Lipinski definition) is 1. The quantitative estimate of drug-likeness (QED) is 0.311. The first-order chi connectivity index (χ1) is 19.2. The van der Waals surface area contributed by atoms with E-state index < -0.39 is 0 Å². The van der Waals surface area contributed by atoms with Gasteiger partial charge in [0.15, 0.2) is 0 Å². The van der Waals surface area contributed by atoms with Crippen LogP contribution in [0.1, 0.15) is 29.9 Å². The van der Waals surface area contributed by atoms with Crippen LogP contribution in [0.5, 0.6) is 0 Å². The lowest BCUT2D eigenvalue weighted by Crippen LogP contribution is -2.39. The van der Waals surface area contributed by atoms with Gasteiger partial charge in [-0.1, -0.05) is 51.3 Å². The van der Waals surface area contributed by atoms with Gasteiger partial charge in [0, 0.05) is 40.0 Å². The summed E-state index contributed by atoms with van der Waals surface area (Å²) in [6.45, 7) is 3.26. The lowest BCUT2D eigenvalue weighted by molar-refractivity contribution is -0.131. The lowest BCUT2D eigenvalue weighted by atomic mass is 9.92. The average Bonchev–Trinajstić information content (AvgIpc) is 3.49. The fourth-order valence-electron chi connectivity index (χ4n) is 4.80. The van der Waals surface area contributed by atoms with Crippen molar-refractivity contribution >= 4 is 52.3 Å². The second kappa shape index (κ2) is 12.4. The van der Waals surface area contributed by atoms with Crippen molar-refractivity contribution in [2.24, 2.45) is 5.92 Å². The van der Waals surface area contributed by atoms with Gasteiger partial charge in [-0.15, -0.1) is 10.2 Å². The normalized spacial score (nSPS) is 13.9. The Morgan fingerprint density at radius 1 is 0.975 bits per heavy atom. The van der Waals surface area contributed by atoms with Gasteiger partial charge in [-0.3, -0.25) is 9.59 Å². The molecule has 1 aliphatic rings. The average molecular weight is 602 g/mol. The van der Waals surface area contributed by atoms with Gasteiger partial charge in [-0.25, -0.2) is 9.36 Å². The molecule has 208 valence electrons. The molecule has 3 heterocycles. The summed E-state index contributed by atoms with van der Waals surface area (Å²) in [6.07, 6.45) is 4.45. The zero-order chi connectivity index (χ0) is 28.2. The summed E-state index contributed by atoms with van der Waals surface area (Å²) in [7, 11) is 0. The predicted molar refractivity (Wildman–Crippen MR) is 153 cm³/mol. The predicted octanol–water partition coefficient (Wildman–Crippen LogP) is 4.79. The Labute approximate surface area is 246 Å². The van der Waals surface area contributed by atoms with Gasteiger partial charge in [-0.2, -0.15) is 0 Å². The third kappa shape index (κ3) is 6.99. The first-order valence-corrected chi connectivity index (χ1v) is 14.0. The van der Waals surface area contributed by atoms with Gasteiger partial charge in [0.25, 0.3) is 0 Å². The van der Waals surface area contributed by atoms with Crippen LogP contribution in [0.3, 0.4) is 0 Å². The molecular weight excluding hydrogens is 575 g/mol. The zero-order valence-electron chi connectivity index (χ0n) is 21.7. The van der Waals surface area contributed by atoms with Crippen LogP contribution in [0, 0.1) is 12.8 Å². The third-order valence-corrected chi connectivity index (χ3v) is 7.54. The van der Waals surface area contributed by atoms with Crippen LogP contribution < -0.4 is 5.32 Å². The molecule has 2 amide bonds. The van der Waals surface area contributed by atoms with Crippen molar-refractivity contribution in [3.8, 4) is 5.69 Å². The van der Waals surface area contributed by atoms with Gasteiger partial charge >= 0.3 is 0 Å². The van der Waals surface area contributed by atoms with Crippen LogP contribution in [0.25, 0.3) is 5.69 Å². The molecule has 0 radical (unpaired) electrons. The van der Waals surface area contributed by atoms with Crippen LogP contribution in [-0.2, 0) is 29.0 Å². The molecule has 0 unspecified atom stereocenters. The van der Waals surface area contributed by atoms with E-state index in [4.69, 9.17) is 34.8 Å². The van der Waals surface area contributed by atoms with E-state index in [2.05, 4.69) is 25.9 Å². The first kappa shape index (κ1) is 28.1. The van der Waals surface area contributed by atoms with E-state index in [0.717, 1.165) is 36.3 Å². The van der Waals surface area contributed by atoms with E-state index in [-0.39, 0.29) is 24.8 Å². The number of anilines is 1. The Morgan fingerprint density at radius 2 is 1.73 bits per heavy atom. The molecular formula is C27H27Cl3N8O2. The van der Waals surface area contributed by atoms with Crippen molar-refractivity contribution in [1.82, 2.24) is 34.9 Å². The molecule has 2 aromatic carbocycles. The van der Waals surface area contributed by atoms with Crippen LogP contribution >= 0.6 is 34.8 Å². The van der Waals surface area contributed by atoms with Crippen molar-refractivity contribution < 1.29 is 9.59 Å².